The van der Waals surface area contributed by atoms with Gasteiger partial charge in [-0.3, -0.25) is 4.79 Å². The summed E-state index contributed by atoms with van der Waals surface area (Å²) < 4.78 is 6.52. The van der Waals surface area contributed by atoms with E-state index in [0.717, 1.165) is 6.42 Å². The first-order valence-electron chi connectivity index (χ1n) is 5.84. The van der Waals surface area contributed by atoms with Crippen molar-refractivity contribution in [2.45, 2.75) is 26.8 Å². The Balaban J connectivity index is 1.88. The van der Waals surface area contributed by atoms with E-state index in [2.05, 4.69) is 4.98 Å². The maximum absolute atomic E-state index is 11.5. The number of aryl methyl sites for hydroxylation is 1. The fourth-order valence-electron chi connectivity index (χ4n) is 1.87. The Morgan fingerprint density at radius 1 is 1.72 bits per heavy atom. The number of hydrogen-bond acceptors (Lipinski definition) is 5. The number of nitrogens with zero attached hydrogens (tertiary/aromatic N) is 3. The third-order valence-corrected chi connectivity index (χ3v) is 3.19. The Morgan fingerprint density at radius 3 is 2.94 bits per heavy atom. The fourth-order valence-corrected chi connectivity index (χ4v) is 1.87. The highest BCUT2D eigenvalue weighted by Gasteiger charge is 2.40. The molecule has 0 spiro atoms. The summed E-state index contributed by atoms with van der Waals surface area (Å²) in [6.07, 6.45) is 2.09. The molecule has 1 aromatic heterocycles. The van der Waals surface area contributed by atoms with Gasteiger partial charge in [0.15, 0.2) is 5.82 Å². The molecule has 2 atom stereocenters. The minimum atomic E-state index is -0.495. The van der Waals surface area contributed by atoms with E-state index >= 15 is 0 Å². The standard InChI is InChI=1S/C11H15N3O4/c1-7-5-9(7)11(15)18-4-3-13-8(2)12-6-10(13)14(16)17/h6-7,9H,3-5H2,1-2H3. The molecular weight excluding hydrogens is 238 g/mol. The van der Waals surface area contributed by atoms with Gasteiger partial charge in [0, 0.05) is 6.92 Å². The van der Waals surface area contributed by atoms with Gasteiger partial charge in [-0.15, -0.1) is 0 Å². The minimum Gasteiger partial charge on any atom is -0.461 e. The van der Waals surface area contributed by atoms with Crippen LogP contribution in [0.25, 0.3) is 0 Å². The molecule has 2 unspecified atom stereocenters. The highest BCUT2D eigenvalue weighted by atomic mass is 16.6. The molecule has 98 valence electrons. The summed E-state index contributed by atoms with van der Waals surface area (Å²) in [5, 5.41) is 10.7. The Hall–Kier alpha value is -1.92. The first-order valence-corrected chi connectivity index (χ1v) is 5.84. The van der Waals surface area contributed by atoms with Crippen molar-refractivity contribution in [2.75, 3.05) is 6.61 Å². The molecule has 0 saturated heterocycles. The van der Waals surface area contributed by atoms with Crippen LogP contribution in [0.5, 0.6) is 0 Å². The first-order chi connectivity index (χ1) is 8.50. The number of carbonyl (C=O) groups is 1. The van der Waals surface area contributed by atoms with Gasteiger partial charge < -0.3 is 14.9 Å². The highest BCUT2D eigenvalue weighted by molar-refractivity contribution is 5.75. The van der Waals surface area contributed by atoms with Crippen LogP contribution in [-0.2, 0) is 16.1 Å². The maximum atomic E-state index is 11.5. The molecule has 1 aliphatic rings. The van der Waals surface area contributed by atoms with E-state index in [1.54, 1.807) is 6.92 Å². The van der Waals surface area contributed by atoms with Crippen molar-refractivity contribution in [3.63, 3.8) is 0 Å². The van der Waals surface area contributed by atoms with Crippen molar-refractivity contribution < 1.29 is 14.5 Å². The lowest BCUT2D eigenvalue weighted by Crippen LogP contribution is -2.15. The SMILES string of the molecule is Cc1ncc([N+](=O)[O-])n1CCOC(=O)C1CC1C. The van der Waals surface area contributed by atoms with Crippen LogP contribution in [0.1, 0.15) is 19.2 Å². The molecule has 0 bridgehead atoms. The lowest BCUT2D eigenvalue weighted by atomic mass is 10.3. The van der Waals surface area contributed by atoms with Gasteiger partial charge in [-0.1, -0.05) is 6.92 Å². The smallest absolute Gasteiger partial charge is 0.342 e. The zero-order chi connectivity index (χ0) is 13.3. The molecule has 0 N–H and O–H groups in total. The molecule has 1 saturated carbocycles. The Morgan fingerprint density at radius 2 is 2.39 bits per heavy atom. The van der Waals surface area contributed by atoms with Crippen LogP contribution in [0.3, 0.4) is 0 Å². The predicted molar refractivity (Wildman–Crippen MR) is 61.8 cm³/mol. The third kappa shape index (κ3) is 2.49. The van der Waals surface area contributed by atoms with Gasteiger partial charge in [0.1, 0.15) is 19.3 Å². The quantitative estimate of drug-likeness (QED) is 0.448. The topological polar surface area (TPSA) is 87.3 Å². The van der Waals surface area contributed by atoms with Crippen molar-refractivity contribution in [1.82, 2.24) is 9.55 Å². The van der Waals surface area contributed by atoms with Crippen LogP contribution < -0.4 is 0 Å². The first kappa shape index (κ1) is 12.5. The van der Waals surface area contributed by atoms with Gasteiger partial charge in [0.05, 0.1) is 5.92 Å². The number of aromatic nitrogens is 2. The second-order valence-electron chi connectivity index (χ2n) is 4.56. The summed E-state index contributed by atoms with van der Waals surface area (Å²) in [6, 6.07) is 0. The van der Waals surface area contributed by atoms with Crippen molar-refractivity contribution in [2.24, 2.45) is 11.8 Å². The number of ether oxygens (including phenoxy) is 1. The van der Waals surface area contributed by atoms with E-state index in [0.29, 0.717) is 11.7 Å². The summed E-state index contributed by atoms with van der Waals surface area (Å²) in [7, 11) is 0. The second-order valence-corrected chi connectivity index (χ2v) is 4.56. The van der Waals surface area contributed by atoms with Gasteiger partial charge in [-0.05, 0) is 17.3 Å². The molecule has 7 nitrogen and oxygen atoms in total. The lowest BCUT2D eigenvalue weighted by molar-refractivity contribution is -0.392. The summed E-state index contributed by atoms with van der Waals surface area (Å²) >= 11 is 0. The normalized spacial score (nSPS) is 21.7. The van der Waals surface area contributed by atoms with Crippen LogP contribution in [0.15, 0.2) is 6.20 Å². The summed E-state index contributed by atoms with van der Waals surface area (Å²) in [6.45, 7) is 4.07. The van der Waals surface area contributed by atoms with Crippen LogP contribution in [-0.4, -0.2) is 27.1 Å². The Labute approximate surface area is 104 Å². The average Bonchev–Trinajstić information content (AvgIpc) is 2.92. The van der Waals surface area contributed by atoms with E-state index in [1.165, 1.54) is 10.8 Å². The Bertz CT molecular complexity index is 483. The predicted octanol–water partition coefficient (Wildman–Crippen LogP) is 1.30. The fraction of sp³-hybridized carbons (Fsp3) is 0.636. The second kappa shape index (κ2) is 4.75. The molecular formula is C11H15N3O4. The molecule has 0 radical (unpaired) electrons. The molecule has 0 aliphatic heterocycles. The van der Waals surface area contributed by atoms with E-state index in [9.17, 15) is 14.9 Å². The molecule has 18 heavy (non-hydrogen) atoms. The zero-order valence-electron chi connectivity index (χ0n) is 10.3. The van der Waals surface area contributed by atoms with Gasteiger partial charge in [0.25, 0.3) is 0 Å². The third-order valence-electron chi connectivity index (χ3n) is 3.19. The number of hydrogen-bond donors (Lipinski definition) is 0. The van der Waals surface area contributed by atoms with Crippen LogP contribution >= 0.6 is 0 Å². The molecule has 1 fully saturated rings. The number of esters is 1. The monoisotopic (exact) mass is 253 g/mol. The molecule has 1 aromatic rings. The van der Waals surface area contributed by atoms with Crippen LogP contribution in [0, 0.1) is 28.9 Å². The summed E-state index contributed by atoms with van der Waals surface area (Å²) in [5.74, 6) is 0.675. The Kier molecular flexibility index (Phi) is 3.31. The largest absolute Gasteiger partial charge is 0.461 e. The molecule has 0 aromatic carbocycles. The minimum absolute atomic E-state index is 0.0175. The molecule has 7 heteroatoms. The van der Waals surface area contributed by atoms with Crippen molar-refractivity contribution in [3.8, 4) is 0 Å². The highest BCUT2D eigenvalue weighted by Crippen LogP contribution is 2.38. The molecule has 2 rings (SSSR count). The van der Waals surface area contributed by atoms with Crippen molar-refractivity contribution >= 4 is 11.8 Å². The summed E-state index contributed by atoms with van der Waals surface area (Å²) in [5.41, 5.74) is 0. The van der Waals surface area contributed by atoms with Crippen molar-refractivity contribution in [3.05, 3.63) is 22.1 Å². The van der Waals surface area contributed by atoms with E-state index < -0.39 is 4.92 Å². The lowest BCUT2D eigenvalue weighted by Gasteiger charge is -2.04. The van der Waals surface area contributed by atoms with E-state index in [1.807, 2.05) is 6.92 Å². The van der Waals surface area contributed by atoms with Gasteiger partial charge in [-0.2, -0.15) is 0 Å². The number of nitro groups is 1. The molecule has 0 amide bonds. The summed E-state index contributed by atoms with van der Waals surface area (Å²) in [4.78, 5) is 25.6. The van der Waals surface area contributed by atoms with Crippen molar-refractivity contribution in [1.29, 1.82) is 0 Å². The van der Waals surface area contributed by atoms with E-state index in [-0.39, 0.29) is 30.9 Å². The van der Waals surface area contributed by atoms with E-state index in [4.69, 9.17) is 4.74 Å². The van der Waals surface area contributed by atoms with Crippen LogP contribution in [0.4, 0.5) is 5.82 Å². The zero-order valence-corrected chi connectivity index (χ0v) is 10.3. The van der Waals surface area contributed by atoms with Gasteiger partial charge in [-0.25, -0.2) is 9.55 Å². The number of rotatable bonds is 5. The number of imidazole rings is 1. The molecule has 1 heterocycles. The maximum Gasteiger partial charge on any atom is 0.342 e. The number of carbonyl (C=O) groups excluding carboxylic acids is 1. The average molecular weight is 253 g/mol. The van der Waals surface area contributed by atoms with Gasteiger partial charge >= 0.3 is 11.8 Å². The van der Waals surface area contributed by atoms with Gasteiger partial charge in [0.2, 0.25) is 0 Å². The van der Waals surface area contributed by atoms with Crippen LogP contribution in [0.2, 0.25) is 0 Å². The molecule has 1 aliphatic carbocycles.